The number of hydrogen-bond acceptors (Lipinski definition) is 6. The molecule has 2 N–H and O–H groups in total. The number of allylic oxidation sites excluding steroid dienone is 2. The maximum Gasteiger partial charge on any atom is 0.305 e. The van der Waals surface area contributed by atoms with Crippen LogP contribution in [0.2, 0.25) is 0 Å². The van der Waals surface area contributed by atoms with Crippen molar-refractivity contribution < 1.29 is 24.5 Å². The summed E-state index contributed by atoms with van der Waals surface area (Å²) < 4.78 is 5.83. The highest BCUT2D eigenvalue weighted by atomic mass is 32.1. The van der Waals surface area contributed by atoms with Crippen LogP contribution in [0.3, 0.4) is 0 Å². The van der Waals surface area contributed by atoms with Crippen molar-refractivity contribution in [3.8, 4) is 0 Å². The molecule has 33 heavy (non-hydrogen) atoms. The summed E-state index contributed by atoms with van der Waals surface area (Å²) in [6.45, 7) is 3.57. The van der Waals surface area contributed by atoms with E-state index in [-0.39, 0.29) is 23.6 Å². The number of carbonyl (C=O) groups is 2. The Kier molecular flexibility index (Phi) is 8.63. The van der Waals surface area contributed by atoms with Crippen LogP contribution < -0.4 is 0 Å². The van der Waals surface area contributed by atoms with Crippen LogP contribution in [0, 0.1) is 17.3 Å². The zero-order chi connectivity index (χ0) is 24.0. The second kappa shape index (κ2) is 11.2. The molecule has 3 rings (SSSR count). The van der Waals surface area contributed by atoms with E-state index in [4.69, 9.17) is 0 Å². The maximum atomic E-state index is 13.0. The minimum absolute atomic E-state index is 0.0443. The number of ketones is 1. The topological polar surface area (TPSA) is 83.8 Å². The summed E-state index contributed by atoms with van der Waals surface area (Å²) in [6.07, 6.45) is 8.84. The normalized spacial score (nSPS) is 23.7. The number of unbranched alkanes of at least 4 members (excludes halogenated alkanes) is 1. The van der Waals surface area contributed by atoms with Gasteiger partial charge in [0.25, 0.3) is 0 Å². The highest BCUT2D eigenvalue weighted by Gasteiger charge is 2.52. The third kappa shape index (κ3) is 6.19. The molecule has 0 radical (unpaired) electrons. The quantitative estimate of drug-likeness (QED) is 0.295. The molecule has 1 aromatic heterocycles. The summed E-state index contributed by atoms with van der Waals surface area (Å²) in [4.78, 5) is 25.3. The van der Waals surface area contributed by atoms with Gasteiger partial charge in [-0.25, -0.2) is 0 Å². The van der Waals surface area contributed by atoms with E-state index in [1.807, 2.05) is 30.4 Å². The molecule has 1 saturated carbocycles. The van der Waals surface area contributed by atoms with Crippen molar-refractivity contribution in [2.45, 2.75) is 58.2 Å². The van der Waals surface area contributed by atoms with Crippen molar-refractivity contribution in [1.82, 2.24) is 0 Å². The highest BCUT2D eigenvalue weighted by Crippen LogP contribution is 2.44. The summed E-state index contributed by atoms with van der Waals surface area (Å²) in [7, 11) is 1.38. The SMILES string of the molecule is COC(=O)CCCC=CCC1C(=O)C(C)(C)C(O)C1C=CC(O)Cc1cc2ccccc2s1. The van der Waals surface area contributed by atoms with Crippen LogP contribution in [0.5, 0.6) is 0 Å². The number of ether oxygens (including phenoxy) is 1. The Balaban J connectivity index is 1.61. The van der Waals surface area contributed by atoms with E-state index in [9.17, 15) is 19.8 Å². The lowest BCUT2D eigenvalue weighted by atomic mass is 9.86. The molecule has 0 aliphatic heterocycles. The number of aliphatic hydroxyl groups excluding tert-OH is 2. The Labute approximate surface area is 199 Å². The van der Waals surface area contributed by atoms with E-state index in [0.29, 0.717) is 25.7 Å². The van der Waals surface area contributed by atoms with Crippen LogP contribution in [-0.4, -0.2) is 41.3 Å². The van der Waals surface area contributed by atoms with Gasteiger partial charge in [0, 0.05) is 34.3 Å². The predicted molar refractivity (Wildman–Crippen MR) is 132 cm³/mol. The van der Waals surface area contributed by atoms with Crippen LogP contribution in [-0.2, 0) is 20.7 Å². The second-order valence-electron chi connectivity index (χ2n) is 9.30. The average Bonchev–Trinajstić information content (AvgIpc) is 3.26. The molecule has 0 spiro atoms. The molecule has 1 aliphatic carbocycles. The first-order valence-corrected chi connectivity index (χ1v) is 12.3. The van der Waals surface area contributed by atoms with Gasteiger partial charge in [-0.1, -0.05) is 56.4 Å². The average molecular weight is 471 g/mol. The Bertz CT molecular complexity index is 985. The third-order valence-electron chi connectivity index (χ3n) is 6.52. The fourth-order valence-corrected chi connectivity index (χ4v) is 5.61. The lowest BCUT2D eigenvalue weighted by molar-refractivity contribution is -0.140. The summed E-state index contributed by atoms with van der Waals surface area (Å²) in [5.41, 5.74) is -0.825. The van der Waals surface area contributed by atoms with Gasteiger partial charge in [-0.2, -0.15) is 0 Å². The third-order valence-corrected chi connectivity index (χ3v) is 7.66. The molecule has 0 saturated heterocycles. The molecule has 178 valence electrons. The fraction of sp³-hybridized carbons (Fsp3) is 0.481. The first kappa shape index (κ1) is 25.3. The fourth-order valence-electron chi connectivity index (χ4n) is 4.50. The van der Waals surface area contributed by atoms with Gasteiger partial charge in [0.2, 0.25) is 0 Å². The van der Waals surface area contributed by atoms with E-state index < -0.39 is 17.6 Å². The number of rotatable bonds is 10. The van der Waals surface area contributed by atoms with Gasteiger partial charge in [-0.3, -0.25) is 9.59 Å². The summed E-state index contributed by atoms with van der Waals surface area (Å²) in [5.74, 6) is -0.856. The molecule has 4 unspecified atom stereocenters. The van der Waals surface area contributed by atoms with Crippen LogP contribution in [0.15, 0.2) is 54.6 Å². The molecule has 1 fully saturated rings. The maximum absolute atomic E-state index is 13.0. The van der Waals surface area contributed by atoms with Crippen molar-refractivity contribution in [3.63, 3.8) is 0 Å². The lowest BCUT2D eigenvalue weighted by Gasteiger charge is -2.22. The van der Waals surface area contributed by atoms with Crippen LogP contribution in [0.25, 0.3) is 10.1 Å². The number of carbonyl (C=O) groups excluding carboxylic acids is 2. The number of methoxy groups -OCH3 is 1. The summed E-state index contributed by atoms with van der Waals surface area (Å²) in [6, 6.07) is 10.2. The standard InChI is InChI=1S/C27H34O5S/c1-27(2)25(30)21(11-6-4-5-7-13-24(29)32-3)22(26(27)31)15-14-19(28)17-20-16-18-10-8-9-12-23(18)33-20/h4,6,8-10,12,14-16,19,21-22,26,28,31H,5,7,11,13,17H2,1-3H3. The van der Waals surface area contributed by atoms with Crippen LogP contribution in [0.4, 0.5) is 0 Å². The van der Waals surface area contributed by atoms with Gasteiger partial charge in [-0.15, -0.1) is 11.3 Å². The number of Topliss-reactive ketones (excluding diaryl/α,β-unsaturated/α-hetero) is 1. The zero-order valence-corrected chi connectivity index (χ0v) is 20.4. The molecular formula is C27H34O5S. The smallest absolute Gasteiger partial charge is 0.305 e. The first-order chi connectivity index (χ1) is 15.7. The minimum atomic E-state index is -0.825. The Morgan fingerprint density at radius 3 is 2.76 bits per heavy atom. The number of fused-ring (bicyclic) bond motifs is 1. The lowest BCUT2D eigenvalue weighted by Crippen LogP contribution is -2.31. The van der Waals surface area contributed by atoms with E-state index >= 15 is 0 Å². The van der Waals surface area contributed by atoms with Gasteiger partial charge >= 0.3 is 5.97 Å². The molecule has 5 nitrogen and oxygen atoms in total. The minimum Gasteiger partial charge on any atom is -0.469 e. The largest absolute Gasteiger partial charge is 0.469 e. The monoisotopic (exact) mass is 470 g/mol. The number of thiophene rings is 1. The molecule has 1 aromatic carbocycles. The van der Waals surface area contributed by atoms with Crippen molar-refractivity contribution in [2.24, 2.45) is 17.3 Å². The van der Waals surface area contributed by atoms with E-state index in [2.05, 4.69) is 22.9 Å². The predicted octanol–water partition coefficient (Wildman–Crippen LogP) is 4.85. The van der Waals surface area contributed by atoms with Gasteiger partial charge in [0.1, 0.15) is 5.78 Å². The highest BCUT2D eigenvalue weighted by molar-refractivity contribution is 7.19. The van der Waals surface area contributed by atoms with E-state index in [1.165, 1.54) is 17.2 Å². The zero-order valence-electron chi connectivity index (χ0n) is 19.6. The number of hydrogen-bond donors (Lipinski definition) is 2. The van der Waals surface area contributed by atoms with Crippen molar-refractivity contribution in [3.05, 3.63) is 59.5 Å². The molecule has 0 bridgehead atoms. The van der Waals surface area contributed by atoms with Gasteiger partial charge < -0.3 is 14.9 Å². The van der Waals surface area contributed by atoms with Crippen molar-refractivity contribution in [1.29, 1.82) is 0 Å². The van der Waals surface area contributed by atoms with E-state index in [0.717, 1.165) is 11.3 Å². The number of aliphatic hydroxyl groups is 2. The van der Waals surface area contributed by atoms with Crippen LogP contribution >= 0.6 is 11.3 Å². The molecule has 1 aliphatic rings. The Morgan fingerprint density at radius 2 is 2.03 bits per heavy atom. The van der Waals surface area contributed by atoms with Gasteiger partial charge in [-0.05, 0) is 36.8 Å². The second-order valence-corrected chi connectivity index (χ2v) is 10.5. The van der Waals surface area contributed by atoms with E-state index in [1.54, 1.807) is 31.3 Å². The van der Waals surface area contributed by atoms with Crippen LogP contribution in [0.1, 0.15) is 44.4 Å². The molecule has 1 heterocycles. The molecule has 2 aromatic rings. The Morgan fingerprint density at radius 1 is 1.27 bits per heavy atom. The van der Waals surface area contributed by atoms with Crippen molar-refractivity contribution >= 4 is 33.2 Å². The Hall–Kier alpha value is -2.28. The van der Waals surface area contributed by atoms with Gasteiger partial charge in [0.15, 0.2) is 0 Å². The molecular weight excluding hydrogens is 436 g/mol. The van der Waals surface area contributed by atoms with Crippen molar-refractivity contribution in [2.75, 3.05) is 7.11 Å². The molecule has 4 atom stereocenters. The first-order valence-electron chi connectivity index (χ1n) is 11.5. The summed E-state index contributed by atoms with van der Waals surface area (Å²) >= 11 is 1.67. The summed E-state index contributed by atoms with van der Waals surface area (Å²) in [5, 5.41) is 22.6. The van der Waals surface area contributed by atoms with Gasteiger partial charge in [0.05, 0.1) is 24.7 Å². The molecule has 0 amide bonds. The molecule has 6 heteroatoms. The number of benzene rings is 1. The number of esters is 1.